The fourth-order valence-electron chi connectivity index (χ4n) is 2.53. The molecule has 1 aliphatic rings. The topological polar surface area (TPSA) is 107 Å². The molecule has 28 heavy (non-hydrogen) atoms. The van der Waals surface area contributed by atoms with Gasteiger partial charge in [0.25, 0.3) is 0 Å². The van der Waals surface area contributed by atoms with Crippen molar-refractivity contribution in [2.75, 3.05) is 19.7 Å². The van der Waals surface area contributed by atoms with Gasteiger partial charge in [0.05, 0.1) is 12.5 Å². The van der Waals surface area contributed by atoms with Gasteiger partial charge in [-0.2, -0.15) is 0 Å². The van der Waals surface area contributed by atoms with Gasteiger partial charge < -0.3 is 19.1 Å². The van der Waals surface area contributed by atoms with E-state index in [1.165, 1.54) is 0 Å². The Labute approximate surface area is 166 Å². The Morgan fingerprint density at radius 2 is 1.54 bits per heavy atom. The lowest BCUT2D eigenvalue weighted by Gasteiger charge is -2.33. The number of nitrogens with zero attached hydrogens (tertiary/aromatic N) is 2. The lowest BCUT2D eigenvalue weighted by molar-refractivity contribution is -0.149. The molecule has 0 atom stereocenters. The molecule has 2 amide bonds. The average molecular weight is 399 g/mol. The highest BCUT2D eigenvalue weighted by molar-refractivity contribution is 5.99. The third kappa shape index (κ3) is 9.05. The summed E-state index contributed by atoms with van der Waals surface area (Å²) >= 11 is 0. The zero-order chi connectivity index (χ0) is 21.5. The highest BCUT2D eigenvalue weighted by Gasteiger charge is 2.30. The van der Waals surface area contributed by atoms with E-state index >= 15 is 0 Å². The molecule has 1 rings (SSSR count). The van der Waals surface area contributed by atoms with E-state index in [2.05, 4.69) is 10.3 Å². The van der Waals surface area contributed by atoms with E-state index < -0.39 is 23.4 Å². The van der Waals surface area contributed by atoms with Crippen molar-refractivity contribution in [2.24, 2.45) is 10.9 Å². The van der Waals surface area contributed by atoms with Gasteiger partial charge in [0, 0.05) is 13.1 Å². The predicted molar refractivity (Wildman–Crippen MR) is 104 cm³/mol. The number of carbonyl (C=O) groups excluding carboxylic acids is 3. The highest BCUT2D eigenvalue weighted by Crippen LogP contribution is 2.19. The van der Waals surface area contributed by atoms with E-state index in [0.29, 0.717) is 32.5 Å². The molecule has 1 fully saturated rings. The quantitative estimate of drug-likeness (QED) is 0.329. The van der Waals surface area contributed by atoms with Crippen LogP contribution in [0.3, 0.4) is 0 Å². The normalized spacial score (nSPS) is 16.4. The lowest BCUT2D eigenvalue weighted by atomic mass is 9.97. The van der Waals surface area contributed by atoms with Gasteiger partial charge in [0.2, 0.25) is 5.96 Å². The van der Waals surface area contributed by atoms with Crippen LogP contribution in [0, 0.1) is 5.92 Å². The van der Waals surface area contributed by atoms with Crippen molar-refractivity contribution >= 4 is 24.1 Å². The smallest absolute Gasteiger partial charge is 0.437 e. The Bertz CT molecular complexity index is 596. The molecule has 0 spiro atoms. The summed E-state index contributed by atoms with van der Waals surface area (Å²) in [6.45, 7) is 13.4. The first kappa shape index (κ1) is 23.7. The number of piperidine rings is 1. The molecule has 0 saturated carbocycles. The van der Waals surface area contributed by atoms with Gasteiger partial charge >= 0.3 is 18.2 Å². The Balaban J connectivity index is 2.88. The van der Waals surface area contributed by atoms with Gasteiger partial charge in [-0.15, -0.1) is 4.99 Å². The van der Waals surface area contributed by atoms with Crippen molar-refractivity contribution in [3.05, 3.63) is 0 Å². The Hall–Kier alpha value is -2.32. The number of amides is 2. The van der Waals surface area contributed by atoms with Crippen molar-refractivity contribution < 1.29 is 28.6 Å². The number of rotatable bonds is 2. The molecule has 9 heteroatoms. The van der Waals surface area contributed by atoms with Crippen LogP contribution in [0.15, 0.2) is 4.99 Å². The lowest BCUT2D eigenvalue weighted by Crippen LogP contribution is -2.50. The first-order valence-electron chi connectivity index (χ1n) is 9.54. The van der Waals surface area contributed by atoms with E-state index in [-0.39, 0.29) is 17.8 Å². The maximum atomic E-state index is 12.2. The molecule has 160 valence electrons. The summed E-state index contributed by atoms with van der Waals surface area (Å²) in [6.07, 6.45) is -0.474. The molecule has 1 aliphatic heterocycles. The van der Waals surface area contributed by atoms with Crippen molar-refractivity contribution in [1.82, 2.24) is 10.2 Å². The first-order valence-corrected chi connectivity index (χ1v) is 9.54. The molecule has 0 aromatic heterocycles. The van der Waals surface area contributed by atoms with Crippen LogP contribution in [-0.4, -0.2) is 59.9 Å². The van der Waals surface area contributed by atoms with Gasteiger partial charge in [-0.1, -0.05) is 0 Å². The molecule has 0 bridgehead atoms. The summed E-state index contributed by atoms with van der Waals surface area (Å²) in [4.78, 5) is 41.9. The van der Waals surface area contributed by atoms with Crippen LogP contribution in [0.25, 0.3) is 0 Å². The summed E-state index contributed by atoms with van der Waals surface area (Å²) in [6, 6.07) is 0. The van der Waals surface area contributed by atoms with Gasteiger partial charge in [-0.05, 0) is 61.3 Å². The number of nitrogens with one attached hydrogen (secondary N) is 1. The summed E-state index contributed by atoms with van der Waals surface area (Å²) in [7, 11) is 0. The van der Waals surface area contributed by atoms with Gasteiger partial charge in [-0.25, -0.2) is 9.59 Å². The van der Waals surface area contributed by atoms with Crippen molar-refractivity contribution in [3.63, 3.8) is 0 Å². The molecule has 1 N–H and O–H groups in total. The third-order valence-electron chi connectivity index (χ3n) is 3.62. The van der Waals surface area contributed by atoms with Crippen molar-refractivity contribution in [1.29, 1.82) is 0 Å². The van der Waals surface area contributed by atoms with E-state index in [9.17, 15) is 14.4 Å². The van der Waals surface area contributed by atoms with E-state index in [1.54, 1.807) is 53.4 Å². The number of guanidine groups is 1. The number of ether oxygens (including phenoxy) is 3. The van der Waals surface area contributed by atoms with E-state index in [4.69, 9.17) is 14.2 Å². The highest BCUT2D eigenvalue weighted by atomic mass is 16.6. The largest absolute Gasteiger partial charge is 0.466 e. The van der Waals surface area contributed by atoms with Crippen LogP contribution in [0.5, 0.6) is 0 Å². The predicted octanol–water partition coefficient (Wildman–Crippen LogP) is 3.08. The fraction of sp³-hybridized carbons (Fsp3) is 0.789. The monoisotopic (exact) mass is 399 g/mol. The van der Waals surface area contributed by atoms with Crippen LogP contribution >= 0.6 is 0 Å². The molecular formula is C19H33N3O6. The number of hydrogen-bond donors (Lipinski definition) is 1. The van der Waals surface area contributed by atoms with Gasteiger partial charge in [0.15, 0.2) is 0 Å². The summed E-state index contributed by atoms with van der Waals surface area (Å²) in [5, 5.41) is 2.53. The molecule has 1 saturated heterocycles. The number of alkyl carbamates (subject to hydrolysis) is 1. The second-order valence-corrected chi connectivity index (χ2v) is 8.56. The van der Waals surface area contributed by atoms with Crippen LogP contribution in [0.2, 0.25) is 0 Å². The minimum absolute atomic E-state index is 0.0470. The zero-order valence-electron chi connectivity index (χ0n) is 18.0. The number of carbonyl (C=O) groups is 3. The number of aliphatic imine (C=N–C) groups is 1. The maximum absolute atomic E-state index is 12.2. The average Bonchev–Trinajstić information content (AvgIpc) is 2.51. The summed E-state index contributed by atoms with van der Waals surface area (Å²) in [5.74, 6) is -0.390. The standard InChI is InChI=1S/C19H33N3O6/c1-8-26-14(23)13-9-11-22(12-10-13)15(20-16(24)27-18(2,3)4)21-17(25)28-19(5,6)7/h13H,8-12H2,1-7H3,(H,20,21,24,25). The SMILES string of the molecule is CCOC(=O)C1CCN(/C(=N\C(=O)OC(C)(C)C)NC(=O)OC(C)(C)C)CC1. The number of likely N-dealkylation sites (tertiary alicyclic amines) is 1. The molecular weight excluding hydrogens is 366 g/mol. The second-order valence-electron chi connectivity index (χ2n) is 8.56. The number of esters is 1. The second kappa shape index (κ2) is 9.75. The molecule has 9 nitrogen and oxygen atoms in total. The Morgan fingerprint density at radius 1 is 1.00 bits per heavy atom. The maximum Gasteiger partial charge on any atom is 0.437 e. The van der Waals surface area contributed by atoms with Crippen LogP contribution in [0.1, 0.15) is 61.3 Å². The minimum Gasteiger partial charge on any atom is -0.466 e. The first-order chi connectivity index (χ1) is 12.8. The van der Waals surface area contributed by atoms with Gasteiger partial charge in [0.1, 0.15) is 11.2 Å². The number of hydrogen-bond acceptors (Lipinski definition) is 6. The van der Waals surface area contributed by atoms with Crippen LogP contribution < -0.4 is 5.32 Å². The zero-order valence-corrected chi connectivity index (χ0v) is 18.0. The third-order valence-corrected chi connectivity index (χ3v) is 3.62. The summed E-state index contributed by atoms with van der Waals surface area (Å²) < 4.78 is 15.5. The fourth-order valence-corrected chi connectivity index (χ4v) is 2.53. The Morgan fingerprint density at radius 3 is 2.00 bits per heavy atom. The Kier molecular flexibility index (Phi) is 8.26. The summed E-state index contributed by atoms with van der Waals surface area (Å²) in [5.41, 5.74) is -1.41. The molecule has 0 radical (unpaired) electrons. The van der Waals surface area contributed by atoms with Crippen molar-refractivity contribution in [2.45, 2.75) is 72.5 Å². The van der Waals surface area contributed by atoms with E-state index in [1.807, 2.05) is 0 Å². The van der Waals surface area contributed by atoms with Crippen LogP contribution in [-0.2, 0) is 19.0 Å². The van der Waals surface area contributed by atoms with E-state index in [0.717, 1.165) is 0 Å². The molecule has 0 aliphatic carbocycles. The van der Waals surface area contributed by atoms with Crippen molar-refractivity contribution in [3.8, 4) is 0 Å². The molecule has 0 unspecified atom stereocenters. The van der Waals surface area contributed by atoms with Crippen LogP contribution in [0.4, 0.5) is 9.59 Å². The van der Waals surface area contributed by atoms with Gasteiger partial charge in [-0.3, -0.25) is 10.1 Å². The molecule has 0 aromatic rings. The molecule has 0 aromatic carbocycles. The minimum atomic E-state index is -0.814. The molecule has 1 heterocycles.